The summed E-state index contributed by atoms with van der Waals surface area (Å²) in [6.45, 7) is 3.74. The number of halogens is 1. The van der Waals surface area contributed by atoms with E-state index < -0.39 is 21.5 Å². The lowest BCUT2D eigenvalue weighted by Gasteiger charge is -2.54. The second kappa shape index (κ2) is 9.68. The molecule has 9 nitrogen and oxygen atoms in total. The van der Waals surface area contributed by atoms with Crippen molar-refractivity contribution in [2.75, 3.05) is 65.4 Å². The van der Waals surface area contributed by atoms with E-state index in [0.29, 0.717) is 57.9 Å². The molecule has 32 heavy (non-hydrogen) atoms. The summed E-state index contributed by atoms with van der Waals surface area (Å²) >= 11 is 0. The minimum absolute atomic E-state index is 0.0250. The average Bonchev–Trinajstić information content (AvgIpc) is 2.80. The number of fused-ring (bicyclic) bond motifs is 1. The first-order chi connectivity index (χ1) is 15.4. The number of piperidine rings is 1. The molecule has 3 aliphatic heterocycles. The van der Waals surface area contributed by atoms with E-state index in [1.54, 1.807) is 17.2 Å². The Balaban J connectivity index is 1.65. The quantitative estimate of drug-likeness (QED) is 0.591. The molecule has 4 heterocycles. The minimum atomic E-state index is -3.48. The van der Waals surface area contributed by atoms with Crippen LogP contribution in [-0.2, 0) is 30.8 Å². The van der Waals surface area contributed by atoms with Crippen molar-refractivity contribution >= 4 is 15.9 Å². The first-order valence-corrected chi connectivity index (χ1v) is 12.6. The second-order valence-electron chi connectivity index (χ2n) is 8.71. The highest BCUT2D eigenvalue weighted by molar-refractivity contribution is 7.89. The lowest BCUT2D eigenvalue weighted by molar-refractivity contribution is -0.155. The summed E-state index contributed by atoms with van der Waals surface area (Å²) in [4.78, 5) is 21.6. The van der Waals surface area contributed by atoms with Crippen molar-refractivity contribution in [2.45, 2.75) is 25.4 Å². The zero-order valence-electron chi connectivity index (χ0n) is 18.4. The normalized spacial score (nSPS) is 28.9. The van der Waals surface area contributed by atoms with E-state index in [0.717, 1.165) is 0 Å². The molecule has 0 aliphatic carbocycles. The molecule has 0 saturated carbocycles. The molecule has 2 atom stereocenters. The molecule has 0 radical (unpaired) electrons. The maximum absolute atomic E-state index is 14.2. The molecular formula is C21H31FN4O5S. The number of rotatable bonds is 6. The van der Waals surface area contributed by atoms with Crippen LogP contribution in [0.3, 0.4) is 0 Å². The number of methoxy groups -OCH3 is 1. The van der Waals surface area contributed by atoms with E-state index in [-0.39, 0.29) is 37.0 Å². The van der Waals surface area contributed by atoms with Crippen LogP contribution in [0.4, 0.5) is 4.39 Å². The van der Waals surface area contributed by atoms with Crippen LogP contribution in [0.2, 0.25) is 0 Å². The fraction of sp³-hybridized carbons (Fsp3) is 0.714. The number of hydrogen-bond acceptors (Lipinski definition) is 7. The fourth-order valence-corrected chi connectivity index (χ4v) is 7.14. The molecule has 4 rings (SSSR count). The van der Waals surface area contributed by atoms with Crippen LogP contribution >= 0.6 is 0 Å². The molecular weight excluding hydrogens is 439 g/mol. The van der Waals surface area contributed by atoms with Gasteiger partial charge in [0.25, 0.3) is 0 Å². The highest BCUT2D eigenvalue weighted by Gasteiger charge is 2.58. The van der Waals surface area contributed by atoms with E-state index in [2.05, 4.69) is 9.88 Å². The molecule has 1 aromatic heterocycles. The number of likely N-dealkylation sites (tertiary alicyclic amines) is 1. The number of hydrogen-bond donors (Lipinski definition) is 0. The van der Waals surface area contributed by atoms with Gasteiger partial charge in [-0.15, -0.1) is 0 Å². The summed E-state index contributed by atoms with van der Waals surface area (Å²) < 4.78 is 52.2. The van der Waals surface area contributed by atoms with Crippen molar-refractivity contribution in [3.8, 4) is 0 Å². The molecule has 3 saturated heterocycles. The Morgan fingerprint density at radius 2 is 2.12 bits per heavy atom. The standard InChI is InChI=1S/C21H31FN4O5S/c1-30-10-9-26-19-3-6-24(15-17-2-5-23-14-18(17)22)16-21(19,4-13-32(26,28)29)20(27)25-7-11-31-12-8-25/h2,5,14,19H,3-4,6-13,15-16H2,1H3/t19-,21+/m1/s1. The third kappa shape index (κ3) is 4.54. The molecule has 11 heteroatoms. The number of nitrogens with zero attached hydrogens (tertiary/aromatic N) is 4. The maximum Gasteiger partial charge on any atom is 0.231 e. The molecule has 0 bridgehead atoms. The predicted molar refractivity (Wildman–Crippen MR) is 115 cm³/mol. The Kier molecular flexibility index (Phi) is 7.11. The van der Waals surface area contributed by atoms with Gasteiger partial charge in [0.05, 0.1) is 37.2 Å². The zero-order valence-corrected chi connectivity index (χ0v) is 19.2. The van der Waals surface area contributed by atoms with Crippen molar-refractivity contribution in [3.05, 3.63) is 29.8 Å². The number of morpholine rings is 1. The summed E-state index contributed by atoms with van der Waals surface area (Å²) in [7, 11) is -1.94. The molecule has 1 amide bonds. The SMILES string of the molecule is COCCN1[C@@H]2CCN(Cc3ccncc3F)C[C@@]2(C(=O)N2CCOCC2)CCS1(=O)=O. The van der Waals surface area contributed by atoms with E-state index in [1.807, 2.05) is 0 Å². The molecule has 178 valence electrons. The summed E-state index contributed by atoms with van der Waals surface area (Å²) in [6.07, 6.45) is 3.51. The molecule has 0 spiro atoms. The molecule has 3 aliphatic rings. The maximum atomic E-state index is 14.2. The summed E-state index contributed by atoms with van der Waals surface area (Å²) in [5, 5.41) is 0. The van der Waals surface area contributed by atoms with Crippen molar-refractivity contribution in [1.82, 2.24) is 19.1 Å². The van der Waals surface area contributed by atoms with Crippen LogP contribution in [0.15, 0.2) is 18.5 Å². The monoisotopic (exact) mass is 470 g/mol. The Labute approximate surface area is 188 Å². The van der Waals surface area contributed by atoms with Gasteiger partial charge in [-0.2, -0.15) is 4.31 Å². The van der Waals surface area contributed by atoms with Gasteiger partial charge in [-0.3, -0.25) is 14.7 Å². The van der Waals surface area contributed by atoms with Crippen LogP contribution in [-0.4, -0.2) is 105 Å². The number of carbonyl (C=O) groups excluding carboxylic acids is 1. The van der Waals surface area contributed by atoms with Crippen molar-refractivity contribution in [3.63, 3.8) is 0 Å². The molecule has 0 aromatic carbocycles. The number of carbonyl (C=O) groups is 1. The Morgan fingerprint density at radius 1 is 1.34 bits per heavy atom. The average molecular weight is 471 g/mol. The van der Waals surface area contributed by atoms with E-state index in [9.17, 15) is 17.6 Å². The van der Waals surface area contributed by atoms with Crippen molar-refractivity contribution in [1.29, 1.82) is 0 Å². The highest BCUT2D eigenvalue weighted by Crippen LogP contribution is 2.44. The van der Waals surface area contributed by atoms with E-state index >= 15 is 0 Å². The Bertz CT molecular complexity index is 927. The van der Waals surface area contributed by atoms with Gasteiger partial charge in [-0.1, -0.05) is 0 Å². The van der Waals surface area contributed by atoms with Crippen LogP contribution in [0.5, 0.6) is 0 Å². The number of pyridine rings is 1. The first kappa shape index (κ1) is 23.5. The second-order valence-corrected chi connectivity index (χ2v) is 10.8. The smallest absolute Gasteiger partial charge is 0.231 e. The minimum Gasteiger partial charge on any atom is -0.383 e. The summed E-state index contributed by atoms with van der Waals surface area (Å²) in [6, 6.07) is 1.21. The van der Waals surface area contributed by atoms with Gasteiger partial charge in [-0.05, 0) is 18.9 Å². The van der Waals surface area contributed by atoms with Crippen LogP contribution < -0.4 is 0 Å². The van der Waals surface area contributed by atoms with Gasteiger partial charge in [0, 0.05) is 64.2 Å². The number of ether oxygens (including phenoxy) is 2. The van der Waals surface area contributed by atoms with Gasteiger partial charge in [0.15, 0.2) is 0 Å². The van der Waals surface area contributed by atoms with Gasteiger partial charge < -0.3 is 14.4 Å². The fourth-order valence-electron chi connectivity index (χ4n) is 5.23. The molecule has 0 unspecified atom stereocenters. The van der Waals surface area contributed by atoms with E-state index in [1.165, 1.54) is 17.6 Å². The van der Waals surface area contributed by atoms with Crippen LogP contribution in [0.25, 0.3) is 0 Å². The van der Waals surface area contributed by atoms with Crippen molar-refractivity contribution < 1.29 is 27.1 Å². The van der Waals surface area contributed by atoms with Crippen LogP contribution in [0.1, 0.15) is 18.4 Å². The summed E-state index contributed by atoms with van der Waals surface area (Å²) in [5.74, 6) is -0.486. The summed E-state index contributed by atoms with van der Waals surface area (Å²) in [5.41, 5.74) is -0.356. The number of amides is 1. The number of aromatic nitrogens is 1. The molecule has 3 fully saturated rings. The zero-order chi connectivity index (χ0) is 22.8. The van der Waals surface area contributed by atoms with Gasteiger partial charge in [0.2, 0.25) is 15.9 Å². The molecule has 0 N–H and O–H groups in total. The highest BCUT2D eigenvalue weighted by atomic mass is 32.2. The van der Waals surface area contributed by atoms with Gasteiger partial charge in [-0.25, -0.2) is 12.8 Å². The molecule has 1 aromatic rings. The Hall–Kier alpha value is -1.66. The van der Waals surface area contributed by atoms with Crippen LogP contribution in [0, 0.1) is 11.2 Å². The lowest BCUT2D eigenvalue weighted by Crippen LogP contribution is -2.69. The topological polar surface area (TPSA) is 92.3 Å². The van der Waals surface area contributed by atoms with Gasteiger partial charge >= 0.3 is 0 Å². The largest absolute Gasteiger partial charge is 0.383 e. The Morgan fingerprint density at radius 3 is 2.84 bits per heavy atom. The van der Waals surface area contributed by atoms with Gasteiger partial charge in [0.1, 0.15) is 5.82 Å². The first-order valence-electron chi connectivity index (χ1n) is 11.0. The number of sulfonamides is 1. The predicted octanol–water partition coefficient (Wildman–Crippen LogP) is 0.322. The lowest BCUT2D eigenvalue weighted by atomic mass is 9.71. The van der Waals surface area contributed by atoms with E-state index in [4.69, 9.17) is 9.47 Å². The van der Waals surface area contributed by atoms with Crippen molar-refractivity contribution in [2.24, 2.45) is 5.41 Å². The third-order valence-corrected chi connectivity index (χ3v) is 8.74. The third-order valence-electron chi connectivity index (χ3n) is 6.86.